The molecule has 0 aliphatic heterocycles. The lowest BCUT2D eigenvalue weighted by molar-refractivity contribution is 0.0946. The number of carbonyl (C=O) groups excluding carboxylic acids is 1. The zero-order valence-corrected chi connectivity index (χ0v) is 12.3. The second kappa shape index (κ2) is 7.20. The number of hydrogen-bond acceptors (Lipinski definition) is 2. The summed E-state index contributed by atoms with van der Waals surface area (Å²) in [6, 6.07) is 11.7. The SMILES string of the molecule is COCc1ccccc1CNC(=O)c1c(F)cccc1Cl. The van der Waals surface area contributed by atoms with Crippen molar-refractivity contribution in [2.45, 2.75) is 13.2 Å². The summed E-state index contributed by atoms with van der Waals surface area (Å²) in [5.41, 5.74) is 1.75. The number of amides is 1. The van der Waals surface area contributed by atoms with Crippen LogP contribution in [-0.2, 0) is 17.9 Å². The molecule has 2 aromatic rings. The molecule has 0 heterocycles. The topological polar surface area (TPSA) is 38.3 Å². The summed E-state index contributed by atoms with van der Waals surface area (Å²) >= 11 is 5.87. The number of rotatable bonds is 5. The van der Waals surface area contributed by atoms with Gasteiger partial charge in [-0.2, -0.15) is 0 Å². The van der Waals surface area contributed by atoms with Gasteiger partial charge in [0.05, 0.1) is 17.2 Å². The number of benzene rings is 2. The van der Waals surface area contributed by atoms with Gasteiger partial charge in [-0.1, -0.05) is 41.9 Å². The number of carbonyl (C=O) groups is 1. The van der Waals surface area contributed by atoms with E-state index in [9.17, 15) is 9.18 Å². The van der Waals surface area contributed by atoms with E-state index in [0.717, 1.165) is 11.1 Å². The molecule has 0 saturated heterocycles. The summed E-state index contributed by atoms with van der Waals surface area (Å²) in [6.07, 6.45) is 0. The van der Waals surface area contributed by atoms with Crippen LogP contribution in [0, 0.1) is 5.82 Å². The second-order valence-electron chi connectivity index (χ2n) is 4.48. The van der Waals surface area contributed by atoms with Crippen molar-refractivity contribution in [3.63, 3.8) is 0 Å². The fourth-order valence-electron chi connectivity index (χ4n) is 2.00. The smallest absolute Gasteiger partial charge is 0.256 e. The van der Waals surface area contributed by atoms with E-state index in [0.29, 0.717) is 6.61 Å². The van der Waals surface area contributed by atoms with E-state index in [4.69, 9.17) is 16.3 Å². The van der Waals surface area contributed by atoms with Gasteiger partial charge in [-0.25, -0.2) is 4.39 Å². The van der Waals surface area contributed by atoms with Gasteiger partial charge >= 0.3 is 0 Å². The third-order valence-electron chi connectivity index (χ3n) is 3.05. The Balaban J connectivity index is 2.11. The fraction of sp³-hybridized carbons (Fsp3) is 0.188. The summed E-state index contributed by atoms with van der Waals surface area (Å²) in [6.45, 7) is 0.732. The van der Waals surface area contributed by atoms with Gasteiger partial charge in [-0.05, 0) is 23.3 Å². The van der Waals surface area contributed by atoms with E-state index in [2.05, 4.69) is 5.32 Å². The average molecular weight is 308 g/mol. The minimum atomic E-state index is -0.634. The first kappa shape index (κ1) is 15.5. The number of nitrogens with one attached hydrogen (secondary N) is 1. The predicted octanol–water partition coefficient (Wildman–Crippen LogP) is 3.56. The number of halogens is 2. The Morgan fingerprint density at radius 1 is 1.19 bits per heavy atom. The fourth-order valence-corrected chi connectivity index (χ4v) is 2.25. The van der Waals surface area contributed by atoms with Gasteiger partial charge in [0.1, 0.15) is 5.82 Å². The van der Waals surface area contributed by atoms with Crippen molar-refractivity contribution >= 4 is 17.5 Å². The van der Waals surface area contributed by atoms with Crippen molar-refractivity contribution in [3.8, 4) is 0 Å². The predicted molar refractivity (Wildman–Crippen MR) is 79.7 cm³/mol. The summed E-state index contributed by atoms with van der Waals surface area (Å²) < 4.78 is 18.8. The molecular formula is C16H15ClFNO2. The number of methoxy groups -OCH3 is 1. The largest absolute Gasteiger partial charge is 0.380 e. The molecule has 0 aromatic heterocycles. The summed E-state index contributed by atoms with van der Waals surface area (Å²) in [4.78, 5) is 12.1. The first-order valence-electron chi connectivity index (χ1n) is 6.41. The van der Waals surface area contributed by atoms with Crippen LogP contribution in [-0.4, -0.2) is 13.0 Å². The third kappa shape index (κ3) is 3.80. The Morgan fingerprint density at radius 3 is 2.57 bits per heavy atom. The molecule has 0 spiro atoms. The Bertz CT molecular complexity index is 626. The van der Waals surface area contributed by atoms with E-state index in [-0.39, 0.29) is 17.1 Å². The molecule has 0 unspecified atom stereocenters. The highest BCUT2D eigenvalue weighted by molar-refractivity contribution is 6.33. The highest BCUT2D eigenvalue weighted by Crippen LogP contribution is 2.19. The van der Waals surface area contributed by atoms with Crippen LogP contribution < -0.4 is 5.32 Å². The Labute approximate surface area is 127 Å². The number of hydrogen-bond donors (Lipinski definition) is 1. The Hall–Kier alpha value is -1.91. The van der Waals surface area contributed by atoms with Gasteiger partial charge < -0.3 is 10.1 Å². The van der Waals surface area contributed by atoms with E-state index in [1.165, 1.54) is 18.2 Å². The summed E-state index contributed by atoms with van der Waals surface area (Å²) in [5, 5.41) is 2.77. The normalized spacial score (nSPS) is 10.4. The Morgan fingerprint density at radius 2 is 1.90 bits per heavy atom. The van der Waals surface area contributed by atoms with Crippen molar-refractivity contribution in [3.05, 3.63) is 70.0 Å². The molecule has 1 N–H and O–H groups in total. The van der Waals surface area contributed by atoms with Crippen LogP contribution in [0.5, 0.6) is 0 Å². The van der Waals surface area contributed by atoms with Crippen LogP contribution in [0.2, 0.25) is 5.02 Å². The van der Waals surface area contributed by atoms with Crippen LogP contribution in [0.25, 0.3) is 0 Å². The molecular weight excluding hydrogens is 293 g/mol. The van der Waals surface area contributed by atoms with Gasteiger partial charge in [-0.15, -0.1) is 0 Å². The molecule has 0 saturated carbocycles. The lowest BCUT2D eigenvalue weighted by Crippen LogP contribution is -2.24. The first-order valence-corrected chi connectivity index (χ1v) is 6.79. The van der Waals surface area contributed by atoms with Gasteiger partial charge in [0.25, 0.3) is 5.91 Å². The monoisotopic (exact) mass is 307 g/mol. The lowest BCUT2D eigenvalue weighted by Gasteiger charge is -2.11. The van der Waals surface area contributed by atoms with Crippen molar-refractivity contribution in [2.75, 3.05) is 7.11 Å². The molecule has 2 aromatic carbocycles. The maximum atomic E-state index is 13.7. The lowest BCUT2D eigenvalue weighted by atomic mass is 10.1. The van der Waals surface area contributed by atoms with Crippen molar-refractivity contribution in [1.82, 2.24) is 5.32 Å². The minimum absolute atomic E-state index is 0.0951. The maximum absolute atomic E-state index is 13.7. The molecule has 1 amide bonds. The molecule has 0 radical (unpaired) electrons. The van der Waals surface area contributed by atoms with Gasteiger partial charge in [0.2, 0.25) is 0 Å². The average Bonchev–Trinajstić information content (AvgIpc) is 2.46. The molecule has 3 nitrogen and oxygen atoms in total. The van der Waals surface area contributed by atoms with E-state index < -0.39 is 11.7 Å². The summed E-state index contributed by atoms with van der Waals surface area (Å²) in [7, 11) is 1.61. The van der Waals surface area contributed by atoms with Gasteiger partial charge in [0.15, 0.2) is 0 Å². The van der Waals surface area contributed by atoms with Crippen LogP contribution >= 0.6 is 11.6 Å². The van der Waals surface area contributed by atoms with Crippen LogP contribution in [0.3, 0.4) is 0 Å². The van der Waals surface area contributed by atoms with Gasteiger partial charge in [-0.3, -0.25) is 4.79 Å². The molecule has 0 atom stereocenters. The molecule has 5 heteroatoms. The van der Waals surface area contributed by atoms with E-state index in [1.807, 2.05) is 24.3 Å². The number of ether oxygens (including phenoxy) is 1. The second-order valence-corrected chi connectivity index (χ2v) is 4.89. The summed E-state index contributed by atoms with van der Waals surface area (Å²) in [5.74, 6) is -1.17. The van der Waals surface area contributed by atoms with Crippen molar-refractivity contribution < 1.29 is 13.9 Å². The maximum Gasteiger partial charge on any atom is 0.256 e. The highest BCUT2D eigenvalue weighted by Gasteiger charge is 2.15. The molecule has 0 aliphatic rings. The van der Waals surface area contributed by atoms with Crippen LogP contribution in [0.1, 0.15) is 21.5 Å². The quantitative estimate of drug-likeness (QED) is 0.917. The highest BCUT2D eigenvalue weighted by atomic mass is 35.5. The van der Waals surface area contributed by atoms with Crippen molar-refractivity contribution in [2.24, 2.45) is 0 Å². The third-order valence-corrected chi connectivity index (χ3v) is 3.36. The molecule has 0 bridgehead atoms. The molecule has 110 valence electrons. The molecule has 2 rings (SSSR count). The Kier molecular flexibility index (Phi) is 5.31. The standard InChI is InChI=1S/C16H15ClFNO2/c1-21-10-12-6-3-2-5-11(12)9-19-16(20)15-13(17)7-4-8-14(15)18/h2-8H,9-10H2,1H3,(H,19,20). The first-order chi connectivity index (χ1) is 10.1. The zero-order chi connectivity index (χ0) is 15.2. The molecule has 0 fully saturated rings. The van der Waals surface area contributed by atoms with Crippen LogP contribution in [0.4, 0.5) is 4.39 Å². The van der Waals surface area contributed by atoms with Gasteiger partial charge in [0, 0.05) is 13.7 Å². The van der Waals surface area contributed by atoms with Crippen LogP contribution in [0.15, 0.2) is 42.5 Å². The van der Waals surface area contributed by atoms with E-state index in [1.54, 1.807) is 7.11 Å². The van der Waals surface area contributed by atoms with E-state index >= 15 is 0 Å². The molecule has 21 heavy (non-hydrogen) atoms. The zero-order valence-electron chi connectivity index (χ0n) is 11.5. The van der Waals surface area contributed by atoms with Crippen molar-refractivity contribution in [1.29, 1.82) is 0 Å². The molecule has 0 aliphatic carbocycles. The minimum Gasteiger partial charge on any atom is -0.380 e.